The largest absolute Gasteiger partial charge is 0.491 e. The van der Waals surface area contributed by atoms with Gasteiger partial charge in [0.1, 0.15) is 12.4 Å². The number of nitrogens with one attached hydrogen (secondary N) is 1. The average Bonchev–Trinajstić information content (AvgIpc) is 2.39. The van der Waals surface area contributed by atoms with Crippen molar-refractivity contribution in [2.45, 2.75) is 44.2 Å². The molecular formula is C15H23NO2. The van der Waals surface area contributed by atoms with Gasteiger partial charge in [0, 0.05) is 6.54 Å². The minimum Gasteiger partial charge on any atom is -0.491 e. The molecule has 0 amide bonds. The van der Waals surface area contributed by atoms with Gasteiger partial charge in [0.15, 0.2) is 0 Å². The second kappa shape index (κ2) is 6.21. The van der Waals surface area contributed by atoms with E-state index in [1.165, 1.54) is 12.0 Å². The van der Waals surface area contributed by atoms with E-state index in [4.69, 9.17) is 4.74 Å². The molecule has 0 bridgehead atoms. The van der Waals surface area contributed by atoms with E-state index >= 15 is 0 Å². The van der Waals surface area contributed by atoms with E-state index in [0.717, 1.165) is 38.0 Å². The smallest absolute Gasteiger partial charge is 0.119 e. The summed E-state index contributed by atoms with van der Waals surface area (Å²) in [7, 11) is 1.93. The Hall–Kier alpha value is -1.06. The molecule has 18 heavy (non-hydrogen) atoms. The average molecular weight is 249 g/mol. The quantitative estimate of drug-likeness (QED) is 0.842. The van der Waals surface area contributed by atoms with Crippen LogP contribution in [-0.4, -0.2) is 24.4 Å². The minimum atomic E-state index is -0.609. The second-order valence-corrected chi connectivity index (χ2v) is 5.25. The summed E-state index contributed by atoms with van der Waals surface area (Å²) in [6.07, 6.45) is 5.19. The zero-order valence-corrected chi connectivity index (χ0v) is 11.1. The first-order chi connectivity index (χ1) is 8.72. The number of benzene rings is 1. The van der Waals surface area contributed by atoms with Crippen LogP contribution in [0.5, 0.6) is 5.75 Å². The predicted molar refractivity (Wildman–Crippen MR) is 72.7 cm³/mol. The van der Waals surface area contributed by atoms with Crippen LogP contribution >= 0.6 is 0 Å². The standard InChI is InChI=1S/C15H23NO2/c1-16-11-13-5-7-14(8-6-13)18-12-15(17)9-3-2-4-10-15/h5-8,16-17H,2-4,9-12H2,1H3. The number of aliphatic hydroxyl groups is 1. The van der Waals surface area contributed by atoms with Crippen LogP contribution in [0.25, 0.3) is 0 Å². The fourth-order valence-corrected chi connectivity index (χ4v) is 2.48. The highest BCUT2D eigenvalue weighted by Gasteiger charge is 2.29. The fraction of sp³-hybridized carbons (Fsp3) is 0.600. The van der Waals surface area contributed by atoms with Crippen molar-refractivity contribution in [1.29, 1.82) is 0 Å². The molecule has 0 aromatic heterocycles. The second-order valence-electron chi connectivity index (χ2n) is 5.25. The fourth-order valence-electron chi connectivity index (χ4n) is 2.48. The van der Waals surface area contributed by atoms with Gasteiger partial charge >= 0.3 is 0 Å². The van der Waals surface area contributed by atoms with Crippen LogP contribution in [-0.2, 0) is 6.54 Å². The van der Waals surface area contributed by atoms with E-state index in [2.05, 4.69) is 17.4 Å². The van der Waals surface area contributed by atoms with Crippen molar-refractivity contribution in [3.8, 4) is 5.75 Å². The molecule has 3 nitrogen and oxygen atoms in total. The molecule has 2 N–H and O–H groups in total. The first kappa shape index (κ1) is 13.4. The minimum absolute atomic E-state index is 0.415. The molecule has 2 rings (SSSR count). The van der Waals surface area contributed by atoms with Crippen molar-refractivity contribution in [1.82, 2.24) is 5.32 Å². The molecule has 1 aromatic carbocycles. The summed E-state index contributed by atoms with van der Waals surface area (Å²) >= 11 is 0. The molecule has 3 heteroatoms. The zero-order chi connectivity index (χ0) is 12.8. The summed E-state index contributed by atoms with van der Waals surface area (Å²) in [6, 6.07) is 8.05. The Morgan fingerprint density at radius 2 is 1.83 bits per heavy atom. The van der Waals surface area contributed by atoms with Gasteiger partial charge in [-0.2, -0.15) is 0 Å². The van der Waals surface area contributed by atoms with Gasteiger partial charge < -0.3 is 15.2 Å². The molecule has 0 spiro atoms. The van der Waals surface area contributed by atoms with Crippen molar-refractivity contribution in [3.63, 3.8) is 0 Å². The summed E-state index contributed by atoms with van der Waals surface area (Å²) < 4.78 is 5.71. The molecule has 100 valence electrons. The van der Waals surface area contributed by atoms with Crippen LogP contribution in [0.3, 0.4) is 0 Å². The van der Waals surface area contributed by atoms with Gasteiger partial charge in [-0.05, 0) is 37.6 Å². The Labute approximate surface area is 109 Å². The molecule has 1 fully saturated rings. The molecule has 0 radical (unpaired) electrons. The zero-order valence-electron chi connectivity index (χ0n) is 11.1. The molecule has 1 saturated carbocycles. The molecular weight excluding hydrogens is 226 g/mol. The molecule has 1 aromatic rings. The van der Waals surface area contributed by atoms with Crippen LogP contribution in [0.4, 0.5) is 0 Å². The van der Waals surface area contributed by atoms with Crippen molar-refractivity contribution >= 4 is 0 Å². The highest BCUT2D eigenvalue weighted by molar-refractivity contribution is 5.27. The lowest BCUT2D eigenvalue weighted by atomic mass is 9.85. The Bertz CT molecular complexity index is 355. The number of ether oxygens (including phenoxy) is 1. The number of hydrogen-bond donors (Lipinski definition) is 2. The van der Waals surface area contributed by atoms with Crippen LogP contribution in [0.15, 0.2) is 24.3 Å². The summed E-state index contributed by atoms with van der Waals surface area (Å²) in [5.41, 5.74) is 0.628. The van der Waals surface area contributed by atoms with Gasteiger partial charge in [-0.15, -0.1) is 0 Å². The highest BCUT2D eigenvalue weighted by Crippen LogP contribution is 2.28. The van der Waals surface area contributed by atoms with Crippen LogP contribution < -0.4 is 10.1 Å². The maximum atomic E-state index is 10.3. The maximum Gasteiger partial charge on any atom is 0.119 e. The summed E-state index contributed by atoms with van der Waals surface area (Å²) in [5, 5.41) is 13.4. The summed E-state index contributed by atoms with van der Waals surface area (Å²) in [6.45, 7) is 1.28. The van der Waals surface area contributed by atoms with E-state index < -0.39 is 5.60 Å². The van der Waals surface area contributed by atoms with Crippen molar-refractivity contribution < 1.29 is 9.84 Å². The van der Waals surface area contributed by atoms with Crippen molar-refractivity contribution in [2.75, 3.05) is 13.7 Å². The van der Waals surface area contributed by atoms with Gasteiger partial charge in [0.25, 0.3) is 0 Å². The van der Waals surface area contributed by atoms with Crippen LogP contribution in [0, 0.1) is 0 Å². The molecule has 0 heterocycles. The predicted octanol–water partition coefficient (Wildman–Crippen LogP) is 2.48. The third kappa shape index (κ3) is 3.72. The topological polar surface area (TPSA) is 41.5 Å². The monoisotopic (exact) mass is 249 g/mol. The molecule has 0 atom stereocenters. The van der Waals surface area contributed by atoms with E-state index in [-0.39, 0.29) is 0 Å². The Balaban J connectivity index is 1.85. The Morgan fingerprint density at radius 1 is 1.17 bits per heavy atom. The van der Waals surface area contributed by atoms with E-state index in [1.54, 1.807) is 0 Å². The Morgan fingerprint density at radius 3 is 2.44 bits per heavy atom. The van der Waals surface area contributed by atoms with Crippen molar-refractivity contribution in [3.05, 3.63) is 29.8 Å². The third-order valence-electron chi connectivity index (χ3n) is 3.60. The molecule has 0 aliphatic heterocycles. The highest BCUT2D eigenvalue weighted by atomic mass is 16.5. The van der Waals surface area contributed by atoms with Gasteiger partial charge in [-0.1, -0.05) is 31.4 Å². The molecule has 0 saturated heterocycles. The normalized spacial score (nSPS) is 18.6. The Kier molecular flexibility index (Phi) is 4.61. The number of hydrogen-bond acceptors (Lipinski definition) is 3. The lowest BCUT2D eigenvalue weighted by molar-refractivity contribution is -0.0339. The van der Waals surface area contributed by atoms with Gasteiger partial charge in [-0.25, -0.2) is 0 Å². The lowest BCUT2D eigenvalue weighted by Gasteiger charge is -2.31. The summed E-state index contributed by atoms with van der Waals surface area (Å²) in [5.74, 6) is 0.842. The molecule has 1 aliphatic carbocycles. The van der Waals surface area contributed by atoms with E-state index in [0.29, 0.717) is 6.61 Å². The van der Waals surface area contributed by atoms with Gasteiger partial charge in [0.2, 0.25) is 0 Å². The van der Waals surface area contributed by atoms with Crippen molar-refractivity contribution in [2.24, 2.45) is 0 Å². The van der Waals surface area contributed by atoms with Crippen LogP contribution in [0.2, 0.25) is 0 Å². The molecule has 1 aliphatic rings. The maximum absolute atomic E-state index is 10.3. The van der Waals surface area contributed by atoms with Crippen LogP contribution in [0.1, 0.15) is 37.7 Å². The van der Waals surface area contributed by atoms with Gasteiger partial charge in [-0.3, -0.25) is 0 Å². The summed E-state index contributed by atoms with van der Waals surface area (Å²) in [4.78, 5) is 0. The lowest BCUT2D eigenvalue weighted by Crippen LogP contribution is -2.37. The first-order valence-electron chi connectivity index (χ1n) is 6.81. The molecule has 0 unspecified atom stereocenters. The third-order valence-corrected chi connectivity index (χ3v) is 3.60. The SMILES string of the molecule is CNCc1ccc(OCC2(O)CCCCC2)cc1. The first-order valence-corrected chi connectivity index (χ1v) is 6.81. The van der Waals surface area contributed by atoms with E-state index in [9.17, 15) is 5.11 Å². The van der Waals surface area contributed by atoms with E-state index in [1.807, 2.05) is 19.2 Å². The number of rotatable bonds is 5. The van der Waals surface area contributed by atoms with Gasteiger partial charge in [0.05, 0.1) is 5.60 Å².